The molecule has 0 aliphatic carbocycles. The highest BCUT2D eigenvalue weighted by atomic mass is 16.2. The lowest BCUT2D eigenvalue weighted by atomic mass is 9.98. The van der Waals surface area contributed by atoms with Crippen molar-refractivity contribution in [1.29, 1.82) is 0 Å². The molecule has 1 aliphatic heterocycles. The van der Waals surface area contributed by atoms with Crippen LogP contribution in [-0.4, -0.2) is 33.6 Å². The summed E-state index contributed by atoms with van der Waals surface area (Å²) in [6.45, 7) is 4.56. The molecule has 0 bridgehead atoms. The van der Waals surface area contributed by atoms with Gasteiger partial charge in [-0.2, -0.15) is 0 Å². The minimum Gasteiger partial charge on any atom is -0.328 e. The predicted octanol–water partition coefficient (Wildman–Crippen LogP) is 4.80. The first kappa shape index (κ1) is 18.3. The number of amides is 2. The van der Waals surface area contributed by atoms with Crippen LogP contribution in [-0.2, 0) is 6.54 Å². The molecule has 2 aromatic carbocycles. The zero-order valence-electron chi connectivity index (χ0n) is 16.2. The molecule has 28 heavy (non-hydrogen) atoms. The van der Waals surface area contributed by atoms with Crippen LogP contribution >= 0.6 is 0 Å². The molecule has 5 heteroatoms. The Balaban J connectivity index is 1.45. The first-order chi connectivity index (χ1) is 13.7. The number of para-hydroxylation sites is 1. The van der Waals surface area contributed by atoms with Crippen molar-refractivity contribution in [2.75, 3.05) is 18.4 Å². The summed E-state index contributed by atoms with van der Waals surface area (Å²) in [5.74, 6) is 1.43. The van der Waals surface area contributed by atoms with Gasteiger partial charge in [0, 0.05) is 42.8 Å². The molecule has 3 aromatic rings. The van der Waals surface area contributed by atoms with E-state index in [0.29, 0.717) is 5.92 Å². The number of nitrogens with zero attached hydrogens (tertiary/aromatic N) is 3. The molecule has 1 aliphatic rings. The van der Waals surface area contributed by atoms with E-state index in [1.54, 1.807) is 0 Å². The third-order valence-electron chi connectivity index (χ3n) is 5.36. The molecule has 1 fully saturated rings. The number of likely N-dealkylation sites (tertiary alicyclic amines) is 1. The van der Waals surface area contributed by atoms with Crippen molar-refractivity contribution in [3.05, 3.63) is 72.6 Å². The third-order valence-corrected chi connectivity index (χ3v) is 5.36. The number of benzene rings is 2. The summed E-state index contributed by atoms with van der Waals surface area (Å²) >= 11 is 0. The van der Waals surface area contributed by atoms with Crippen LogP contribution in [0.4, 0.5) is 10.5 Å². The van der Waals surface area contributed by atoms with Gasteiger partial charge >= 0.3 is 6.03 Å². The normalized spacial score (nSPS) is 16.8. The molecule has 1 aromatic heterocycles. The van der Waals surface area contributed by atoms with E-state index in [1.165, 1.54) is 0 Å². The predicted molar refractivity (Wildman–Crippen MR) is 112 cm³/mol. The first-order valence-electron chi connectivity index (χ1n) is 9.89. The Hall–Kier alpha value is -3.08. The van der Waals surface area contributed by atoms with Crippen molar-refractivity contribution in [2.24, 2.45) is 5.92 Å². The van der Waals surface area contributed by atoms with Crippen LogP contribution in [0.2, 0.25) is 0 Å². The van der Waals surface area contributed by atoms with Gasteiger partial charge in [-0.25, -0.2) is 9.78 Å². The Morgan fingerprint density at radius 3 is 2.57 bits per heavy atom. The molecule has 2 amide bonds. The van der Waals surface area contributed by atoms with Gasteiger partial charge in [-0.3, -0.25) is 0 Å². The monoisotopic (exact) mass is 374 g/mol. The number of rotatable bonds is 4. The number of urea groups is 1. The standard InChI is InChI=1S/C23H26N4O/c1-18-15-24-22(20-10-4-2-5-11-20)27(18)17-19-9-8-14-26(16-19)23(28)25-21-12-6-3-7-13-21/h2-7,10-13,15,19H,8-9,14,16-17H2,1H3,(H,25,28). The van der Waals surface area contributed by atoms with Crippen LogP contribution < -0.4 is 5.32 Å². The fraction of sp³-hybridized carbons (Fsp3) is 0.304. The minimum atomic E-state index is -0.0125. The van der Waals surface area contributed by atoms with Crippen molar-refractivity contribution in [1.82, 2.24) is 14.5 Å². The Morgan fingerprint density at radius 1 is 1.11 bits per heavy atom. The van der Waals surface area contributed by atoms with Crippen LogP contribution in [0.5, 0.6) is 0 Å². The number of anilines is 1. The summed E-state index contributed by atoms with van der Waals surface area (Å²) in [7, 11) is 0. The lowest BCUT2D eigenvalue weighted by Gasteiger charge is -2.33. The van der Waals surface area contributed by atoms with Crippen molar-refractivity contribution >= 4 is 11.7 Å². The Kier molecular flexibility index (Phi) is 5.42. The Morgan fingerprint density at radius 2 is 1.82 bits per heavy atom. The molecule has 1 unspecified atom stereocenters. The van der Waals surface area contributed by atoms with E-state index in [-0.39, 0.29) is 6.03 Å². The Labute approximate surface area is 166 Å². The van der Waals surface area contributed by atoms with Gasteiger partial charge in [0.05, 0.1) is 0 Å². The number of imidazole rings is 1. The molecule has 0 radical (unpaired) electrons. The van der Waals surface area contributed by atoms with E-state index in [2.05, 4.69) is 33.9 Å². The van der Waals surface area contributed by atoms with Crippen LogP contribution in [0, 0.1) is 12.8 Å². The summed E-state index contributed by atoms with van der Waals surface area (Å²) in [5.41, 5.74) is 3.13. The van der Waals surface area contributed by atoms with E-state index < -0.39 is 0 Å². The van der Waals surface area contributed by atoms with Gasteiger partial charge in [0.15, 0.2) is 0 Å². The van der Waals surface area contributed by atoms with Gasteiger partial charge < -0.3 is 14.8 Å². The number of aromatic nitrogens is 2. The topological polar surface area (TPSA) is 50.2 Å². The molecule has 2 heterocycles. The Bertz CT molecular complexity index is 920. The number of aryl methyl sites for hydroxylation is 1. The van der Waals surface area contributed by atoms with E-state index in [4.69, 9.17) is 0 Å². The van der Waals surface area contributed by atoms with Gasteiger partial charge in [-0.05, 0) is 37.8 Å². The second kappa shape index (κ2) is 8.30. The fourth-order valence-corrected chi connectivity index (χ4v) is 3.89. The average Bonchev–Trinajstić information content (AvgIpc) is 3.10. The highest BCUT2D eigenvalue weighted by Crippen LogP contribution is 2.25. The number of hydrogen-bond acceptors (Lipinski definition) is 2. The molecule has 0 spiro atoms. The van der Waals surface area contributed by atoms with Crippen LogP contribution in [0.15, 0.2) is 66.9 Å². The fourth-order valence-electron chi connectivity index (χ4n) is 3.89. The quantitative estimate of drug-likeness (QED) is 0.713. The highest BCUT2D eigenvalue weighted by molar-refractivity contribution is 5.89. The zero-order chi connectivity index (χ0) is 19.3. The zero-order valence-corrected chi connectivity index (χ0v) is 16.2. The number of nitrogens with one attached hydrogen (secondary N) is 1. The maximum atomic E-state index is 12.7. The summed E-state index contributed by atoms with van der Waals surface area (Å²) < 4.78 is 2.29. The number of carbonyl (C=O) groups is 1. The summed E-state index contributed by atoms with van der Waals surface area (Å²) in [4.78, 5) is 19.2. The molecule has 0 saturated carbocycles. The SMILES string of the molecule is Cc1cnc(-c2ccccc2)n1CC1CCCN(C(=O)Nc2ccccc2)C1. The molecule has 5 nitrogen and oxygen atoms in total. The summed E-state index contributed by atoms with van der Waals surface area (Å²) in [6.07, 6.45) is 4.09. The van der Waals surface area contributed by atoms with E-state index >= 15 is 0 Å². The van der Waals surface area contributed by atoms with Gasteiger partial charge in [-0.15, -0.1) is 0 Å². The van der Waals surface area contributed by atoms with Gasteiger partial charge in [0.1, 0.15) is 5.82 Å². The number of carbonyl (C=O) groups excluding carboxylic acids is 1. The molecule has 1 atom stereocenters. The van der Waals surface area contributed by atoms with Crippen LogP contribution in [0.25, 0.3) is 11.4 Å². The minimum absolute atomic E-state index is 0.0125. The van der Waals surface area contributed by atoms with Gasteiger partial charge in [0.25, 0.3) is 0 Å². The summed E-state index contributed by atoms with van der Waals surface area (Å²) in [5, 5.41) is 3.01. The smallest absolute Gasteiger partial charge is 0.321 e. The van der Waals surface area contributed by atoms with E-state index in [1.807, 2.05) is 59.6 Å². The summed E-state index contributed by atoms with van der Waals surface area (Å²) in [6, 6.07) is 19.9. The number of piperidine rings is 1. The average molecular weight is 374 g/mol. The third kappa shape index (κ3) is 4.09. The highest BCUT2D eigenvalue weighted by Gasteiger charge is 2.25. The second-order valence-corrected chi connectivity index (χ2v) is 7.45. The van der Waals surface area contributed by atoms with Crippen LogP contribution in [0.3, 0.4) is 0 Å². The molecule has 1 saturated heterocycles. The van der Waals surface area contributed by atoms with E-state index in [9.17, 15) is 4.79 Å². The largest absolute Gasteiger partial charge is 0.328 e. The lowest BCUT2D eigenvalue weighted by molar-refractivity contribution is 0.170. The van der Waals surface area contributed by atoms with E-state index in [0.717, 1.165) is 55.2 Å². The van der Waals surface area contributed by atoms with Crippen molar-refractivity contribution in [3.8, 4) is 11.4 Å². The molecule has 144 valence electrons. The van der Waals surface area contributed by atoms with Crippen molar-refractivity contribution in [2.45, 2.75) is 26.3 Å². The van der Waals surface area contributed by atoms with Gasteiger partial charge in [-0.1, -0.05) is 48.5 Å². The number of hydrogen-bond donors (Lipinski definition) is 1. The van der Waals surface area contributed by atoms with Crippen molar-refractivity contribution < 1.29 is 4.79 Å². The molecular formula is C23H26N4O. The lowest BCUT2D eigenvalue weighted by Crippen LogP contribution is -2.43. The molecule has 1 N–H and O–H groups in total. The first-order valence-corrected chi connectivity index (χ1v) is 9.89. The van der Waals surface area contributed by atoms with Crippen LogP contribution in [0.1, 0.15) is 18.5 Å². The maximum absolute atomic E-state index is 12.7. The maximum Gasteiger partial charge on any atom is 0.321 e. The molecular weight excluding hydrogens is 348 g/mol. The second-order valence-electron chi connectivity index (χ2n) is 7.45. The van der Waals surface area contributed by atoms with Gasteiger partial charge in [0.2, 0.25) is 0 Å². The van der Waals surface area contributed by atoms with Crippen molar-refractivity contribution in [3.63, 3.8) is 0 Å². The molecule has 4 rings (SSSR count).